The van der Waals surface area contributed by atoms with Gasteiger partial charge in [0.2, 0.25) is 5.91 Å². The summed E-state index contributed by atoms with van der Waals surface area (Å²) in [6.45, 7) is 0. The smallest absolute Gasteiger partial charge is 0.226 e. The van der Waals surface area contributed by atoms with Crippen molar-refractivity contribution in [3.8, 4) is 17.2 Å². The second-order valence-electron chi connectivity index (χ2n) is 6.24. The first-order valence-electron chi connectivity index (χ1n) is 8.45. The number of nitrogens with zero attached hydrogens (tertiary/aromatic N) is 2. The number of methoxy groups -OCH3 is 2. The van der Waals surface area contributed by atoms with Crippen LogP contribution in [0.1, 0.15) is 23.6 Å². The lowest BCUT2D eigenvalue weighted by atomic mass is 9.89. The minimum atomic E-state index is -0.322. The number of halogens is 1. The highest BCUT2D eigenvalue weighted by Crippen LogP contribution is 2.41. The van der Waals surface area contributed by atoms with Gasteiger partial charge in [0, 0.05) is 29.7 Å². The predicted octanol–water partition coefficient (Wildman–Crippen LogP) is 3.50. The van der Waals surface area contributed by atoms with E-state index >= 15 is 0 Å². The van der Waals surface area contributed by atoms with E-state index in [4.69, 9.17) is 9.47 Å². The maximum absolute atomic E-state index is 13.2. The van der Waals surface area contributed by atoms with Gasteiger partial charge in [0.25, 0.3) is 0 Å². The number of hydrogen-bond acceptors (Lipinski definition) is 4. The largest absolute Gasteiger partial charge is 0.497 e. The first kappa shape index (κ1) is 17.1. The molecule has 27 heavy (non-hydrogen) atoms. The Morgan fingerprint density at radius 2 is 1.93 bits per heavy atom. The molecule has 2 heterocycles. The summed E-state index contributed by atoms with van der Waals surface area (Å²) in [5, 5.41) is 2.88. The molecule has 4 rings (SSSR count). The van der Waals surface area contributed by atoms with Crippen LogP contribution in [0.4, 0.5) is 10.2 Å². The summed E-state index contributed by atoms with van der Waals surface area (Å²) in [7, 11) is 3.17. The number of imidazole rings is 1. The Labute approximate surface area is 155 Å². The van der Waals surface area contributed by atoms with Gasteiger partial charge in [-0.05, 0) is 30.3 Å². The average Bonchev–Trinajstić information content (AvgIpc) is 3.11. The number of carbonyl (C=O) groups excluding carboxylic acids is 1. The molecule has 0 radical (unpaired) electrons. The fourth-order valence-corrected chi connectivity index (χ4v) is 3.37. The van der Waals surface area contributed by atoms with Crippen LogP contribution >= 0.6 is 0 Å². The minimum Gasteiger partial charge on any atom is -0.497 e. The lowest BCUT2D eigenvalue weighted by molar-refractivity contribution is -0.116. The van der Waals surface area contributed by atoms with Crippen LogP contribution in [0.25, 0.3) is 5.69 Å². The number of nitrogens with one attached hydrogen (secondary N) is 1. The van der Waals surface area contributed by atoms with Crippen molar-refractivity contribution in [3.05, 3.63) is 65.9 Å². The molecular weight excluding hydrogens is 349 g/mol. The Kier molecular flexibility index (Phi) is 4.27. The fourth-order valence-electron chi connectivity index (χ4n) is 3.37. The van der Waals surface area contributed by atoms with E-state index in [1.54, 1.807) is 43.3 Å². The summed E-state index contributed by atoms with van der Waals surface area (Å²) in [6, 6.07) is 11.5. The predicted molar refractivity (Wildman–Crippen MR) is 98.2 cm³/mol. The molecule has 7 heteroatoms. The van der Waals surface area contributed by atoms with Gasteiger partial charge in [0.05, 0.1) is 19.9 Å². The number of ether oxygens (including phenoxy) is 2. The van der Waals surface area contributed by atoms with Crippen LogP contribution in [-0.2, 0) is 4.79 Å². The van der Waals surface area contributed by atoms with E-state index in [0.717, 1.165) is 11.3 Å². The van der Waals surface area contributed by atoms with Crippen LogP contribution in [0, 0.1) is 5.82 Å². The number of benzene rings is 2. The number of aromatic nitrogens is 2. The van der Waals surface area contributed by atoms with Gasteiger partial charge in [-0.15, -0.1) is 0 Å². The summed E-state index contributed by atoms with van der Waals surface area (Å²) in [5.41, 5.74) is 2.31. The number of hydrogen-bond donors (Lipinski definition) is 1. The first-order valence-corrected chi connectivity index (χ1v) is 8.45. The molecule has 1 aliphatic heterocycles. The van der Waals surface area contributed by atoms with E-state index in [9.17, 15) is 9.18 Å². The van der Waals surface area contributed by atoms with Crippen LogP contribution in [0.3, 0.4) is 0 Å². The van der Waals surface area contributed by atoms with E-state index in [2.05, 4.69) is 10.3 Å². The van der Waals surface area contributed by atoms with Gasteiger partial charge in [0.1, 0.15) is 29.5 Å². The fraction of sp³-hybridized carbons (Fsp3) is 0.200. The van der Waals surface area contributed by atoms with Gasteiger partial charge in [-0.1, -0.05) is 6.07 Å². The van der Waals surface area contributed by atoms with Crippen molar-refractivity contribution in [1.82, 2.24) is 9.55 Å². The van der Waals surface area contributed by atoms with Gasteiger partial charge < -0.3 is 14.8 Å². The van der Waals surface area contributed by atoms with Gasteiger partial charge in [-0.3, -0.25) is 9.36 Å². The summed E-state index contributed by atoms with van der Waals surface area (Å²) in [5.74, 6) is 1.20. The normalized spacial score (nSPS) is 15.8. The molecule has 0 saturated carbocycles. The number of carbonyl (C=O) groups is 1. The zero-order chi connectivity index (χ0) is 19.0. The highest BCUT2D eigenvalue weighted by atomic mass is 19.1. The highest BCUT2D eigenvalue weighted by Gasteiger charge is 2.32. The number of rotatable bonds is 4. The molecule has 1 N–H and O–H groups in total. The van der Waals surface area contributed by atoms with Crippen molar-refractivity contribution in [2.75, 3.05) is 19.5 Å². The molecule has 6 nitrogen and oxygen atoms in total. The highest BCUT2D eigenvalue weighted by molar-refractivity contribution is 5.94. The summed E-state index contributed by atoms with van der Waals surface area (Å²) >= 11 is 0. The Balaban J connectivity index is 1.81. The lowest BCUT2D eigenvalue weighted by Crippen LogP contribution is -2.25. The molecular formula is C20H18FN3O3. The average molecular weight is 367 g/mol. The molecule has 0 bridgehead atoms. The zero-order valence-corrected chi connectivity index (χ0v) is 14.9. The Hall–Kier alpha value is -3.35. The SMILES string of the molecule is COc1ccc([C@H]2CC(=O)Nc3c2ncn3-c2ccc(F)cc2)c(OC)c1. The van der Waals surface area contributed by atoms with E-state index in [1.807, 2.05) is 12.1 Å². The number of amides is 1. The second-order valence-corrected chi connectivity index (χ2v) is 6.24. The molecule has 0 saturated heterocycles. The van der Waals surface area contributed by atoms with Crippen molar-refractivity contribution < 1.29 is 18.7 Å². The molecule has 0 fully saturated rings. The quantitative estimate of drug-likeness (QED) is 0.766. The molecule has 0 unspecified atom stereocenters. The van der Waals surface area contributed by atoms with E-state index in [-0.39, 0.29) is 24.1 Å². The molecule has 1 atom stereocenters. The zero-order valence-electron chi connectivity index (χ0n) is 14.9. The van der Waals surface area contributed by atoms with Crippen molar-refractivity contribution in [2.24, 2.45) is 0 Å². The Morgan fingerprint density at radius 1 is 1.15 bits per heavy atom. The van der Waals surface area contributed by atoms with Crippen molar-refractivity contribution in [1.29, 1.82) is 0 Å². The van der Waals surface area contributed by atoms with Gasteiger partial charge in [-0.25, -0.2) is 9.37 Å². The lowest BCUT2D eigenvalue weighted by Gasteiger charge is -2.25. The van der Waals surface area contributed by atoms with Crippen molar-refractivity contribution in [3.63, 3.8) is 0 Å². The Bertz CT molecular complexity index is 998. The Morgan fingerprint density at radius 3 is 2.63 bits per heavy atom. The van der Waals surface area contributed by atoms with Crippen molar-refractivity contribution >= 4 is 11.7 Å². The molecule has 2 aromatic carbocycles. The van der Waals surface area contributed by atoms with Crippen molar-refractivity contribution in [2.45, 2.75) is 12.3 Å². The van der Waals surface area contributed by atoms with E-state index in [0.29, 0.717) is 23.0 Å². The number of fused-ring (bicyclic) bond motifs is 1. The maximum Gasteiger partial charge on any atom is 0.226 e. The topological polar surface area (TPSA) is 65.4 Å². The number of anilines is 1. The van der Waals surface area contributed by atoms with E-state index < -0.39 is 0 Å². The minimum absolute atomic E-state index is 0.116. The third-order valence-corrected chi connectivity index (χ3v) is 4.69. The molecule has 0 aliphatic carbocycles. The molecule has 3 aromatic rings. The van der Waals surface area contributed by atoms with Crippen LogP contribution < -0.4 is 14.8 Å². The summed E-state index contributed by atoms with van der Waals surface area (Å²) in [4.78, 5) is 16.9. The van der Waals surface area contributed by atoms with Crippen LogP contribution in [0.15, 0.2) is 48.8 Å². The standard InChI is InChI=1S/C20H18FN3O3/c1-26-14-7-8-15(17(9-14)27-2)16-10-18(25)23-20-19(16)22-11-24(20)13-5-3-12(21)4-6-13/h3-9,11,16H,10H2,1-2H3,(H,23,25)/t16-/m1/s1. The molecule has 138 valence electrons. The molecule has 1 amide bonds. The van der Waals surface area contributed by atoms with Gasteiger partial charge in [0.15, 0.2) is 0 Å². The summed E-state index contributed by atoms with van der Waals surface area (Å²) in [6.07, 6.45) is 1.89. The second kappa shape index (κ2) is 6.75. The van der Waals surface area contributed by atoms with Crippen LogP contribution in [0.5, 0.6) is 11.5 Å². The van der Waals surface area contributed by atoms with Gasteiger partial charge >= 0.3 is 0 Å². The first-order chi connectivity index (χ1) is 13.1. The molecule has 1 aliphatic rings. The summed E-state index contributed by atoms with van der Waals surface area (Å²) < 4.78 is 25.7. The molecule has 0 spiro atoms. The van der Waals surface area contributed by atoms with Gasteiger partial charge in [-0.2, -0.15) is 0 Å². The van der Waals surface area contributed by atoms with Crippen LogP contribution in [0.2, 0.25) is 0 Å². The molecule has 1 aromatic heterocycles. The maximum atomic E-state index is 13.2. The van der Waals surface area contributed by atoms with Crippen LogP contribution in [-0.4, -0.2) is 29.7 Å². The monoisotopic (exact) mass is 367 g/mol. The third-order valence-electron chi connectivity index (χ3n) is 4.69. The van der Waals surface area contributed by atoms with E-state index in [1.165, 1.54) is 12.1 Å². The third kappa shape index (κ3) is 3.01.